The summed E-state index contributed by atoms with van der Waals surface area (Å²) in [6, 6.07) is 5.76. The van der Waals surface area contributed by atoms with E-state index in [1.165, 1.54) is 19.3 Å². The van der Waals surface area contributed by atoms with E-state index in [-0.39, 0.29) is 22.7 Å². The van der Waals surface area contributed by atoms with Crippen molar-refractivity contribution in [2.45, 2.75) is 77.6 Å². The molecule has 7 nitrogen and oxygen atoms in total. The van der Waals surface area contributed by atoms with E-state index >= 15 is 0 Å². The molecule has 8 heteroatoms. The molecule has 2 bridgehead atoms. The SMILES string of the molecule is COc1ccc2c(c1)nc([S@@](=O)Cc1ncc(C)c(OC)c1C)n2CO[C@H]1C(C)(C)[C@H]2CC[C@]1(C)C2. The fraction of sp³-hybridized carbons (Fsp3) is 0.571. The predicted octanol–water partition coefficient (Wildman–Crippen LogP) is 5.56. The number of benzene rings is 1. The highest BCUT2D eigenvalue weighted by Gasteiger charge is 2.60. The Morgan fingerprint density at radius 1 is 1.17 bits per heavy atom. The van der Waals surface area contributed by atoms with Crippen molar-refractivity contribution >= 4 is 21.8 Å². The van der Waals surface area contributed by atoms with E-state index in [9.17, 15) is 4.21 Å². The van der Waals surface area contributed by atoms with Crippen LogP contribution in [0.15, 0.2) is 29.6 Å². The summed E-state index contributed by atoms with van der Waals surface area (Å²) in [6.45, 7) is 11.3. The summed E-state index contributed by atoms with van der Waals surface area (Å²) in [5.74, 6) is 2.44. The van der Waals surface area contributed by atoms with Crippen LogP contribution in [0.2, 0.25) is 0 Å². The minimum absolute atomic E-state index is 0.116. The number of ether oxygens (including phenoxy) is 3. The van der Waals surface area contributed by atoms with Crippen LogP contribution in [0.5, 0.6) is 11.5 Å². The monoisotopic (exact) mass is 511 g/mol. The average molecular weight is 512 g/mol. The van der Waals surface area contributed by atoms with Crippen molar-refractivity contribution in [3.05, 3.63) is 41.2 Å². The standard InChI is InChI=1S/C28H37N3O4S/c1-17-14-29-22(18(2)24(17)34-7)15-36(32)26-30-21-12-20(33-6)8-9-23(21)31(26)16-35-25-27(3,4)19-10-11-28(25,5)13-19/h8-9,12,14,19,25H,10-11,13,15-16H2,1-7H3/t19-,25-,28+,36-/m0/s1. The smallest absolute Gasteiger partial charge is 0.202 e. The summed E-state index contributed by atoms with van der Waals surface area (Å²) >= 11 is 0. The summed E-state index contributed by atoms with van der Waals surface area (Å²) in [4.78, 5) is 9.36. The van der Waals surface area contributed by atoms with Crippen LogP contribution in [-0.2, 0) is 28.0 Å². The first-order chi connectivity index (χ1) is 17.1. The van der Waals surface area contributed by atoms with Crippen molar-refractivity contribution < 1.29 is 18.4 Å². The van der Waals surface area contributed by atoms with Crippen molar-refractivity contribution in [2.24, 2.45) is 16.7 Å². The molecule has 194 valence electrons. The molecule has 36 heavy (non-hydrogen) atoms. The minimum Gasteiger partial charge on any atom is -0.497 e. The first-order valence-corrected chi connectivity index (χ1v) is 13.9. The Morgan fingerprint density at radius 2 is 1.94 bits per heavy atom. The van der Waals surface area contributed by atoms with Crippen molar-refractivity contribution in [3.63, 3.8) is 0 Å². The van der Waals surface area contributed by atoms with Gasteiger partial charge in [-0.1, -0.05) is 20.8 Å². The molecule has 5 rings (SSSR count). The number of hydrogen-bond acceptors (Lipinski definition) is 6. The van der Waals surface area contributed by atoms with Gasteiger partial charge in [-0.2, -0.15) is 0 Å². The van der Waals surface area contributed by atoms with E-state index in [1.54, 1.807) is 20.4 Å². The van der Waals surface area contributed by atoms with E-state index in [4.69, 9.17) is 19.2 Å². The van der Waals surface area contributed by atoms with E-state index in [1.807, 2.05) is 36.6 Å². The van der Waals surface area contributed by atoms with E-state index in [0.29, 0.717) is 23.6 Å². The quantitative estimate of drug-likeness (QED) is 0.394. The van der Waals surface area contributed by atoms with Crippen LogP contribution in [0.3, 0.4) is 0 Å². The Morgan fingerprint density at radius 3 is 2.61 bits per heavy atom. The Hall–Kier alpha value is -2.45. The fourth-order valence-electron chi connectivity index (χ4n) is 6.74. The lowest BCUT2D eigenvalue weighted by Crippen LogP contribution is -2.42. The molecule has 2 saturated carbocycles. The van der Waals surface area contributed by atoms with Crippen LogP contribution >= 0.6 is 0 Å². The van der Waals surface area contributed by atoms with Crippen LogP contribution < -0.4 is 9.47 Å². The van der Waals surface area contributed by atoms with Gasteiger partial charge in [0, 0.05) is 23.4 Å². The number of imidazole rings is 1. The lowest BCUT2D eigenvalue weighted by atomic mass is 9.70. The maximum Gasteiger partial charge on any atom is 0.202 e. The molecule has 2 heterocycles. The molecule has 0 aliphatic heterocycles. The maximum atomic E-state index is 13.8. The minimum atomic E-state index is -1.44. The molecule has 0 spiro atoms. The molecule has 2 aliphatic rings. The van der Waals surface area contributed by atoms with Gasteiger partial charge in [0.2, 0.25) is 5.16 Å². The normalized spacial score (nSPS) is 25.4. The van der Waals surface area contributed by atoms with Crippen LogP contribution in [0.4, 0.5) is 0 Å². The third-order valence-electron chi connectivity index (χ3n) is 8.65. The third-order valence-corrected chi connectivity index (χ3v) is 9.90. The van der Waals surface area contributed by atoms with Crippen molar-refractivity contribution in [1.82, 2.24) is 14.5 Å². The molecule has 0 saturated heterocycles. The van der Waals surface area contributed by atoms with Gasteiger partial charge >= 0.3 is 0 Å². The van der Waals surface area contributed by atoms with Gasteiger partial charge in [0.1, 0.15) is 18.2 Å². The fourth-order valence-corrected chi connectivity index (χ4v) is 8.01. The molecule has 2 aliphatic carbocycles. The first kappa shape index (κ1) is 25.2. The summed E-state index contributed by atoms with van der Waals surface area (Å²) < 4.78 is 33.4. The van der Waals surface area contributed by atoms with Crippen molar-refractivity contribution in [3.8, 4) is 11.5 Å². The Kier molecular flexibility index (Phi) is 6.40. The number of fused-ring (bicyclic) bond motifs is 3. The number of methoxy groups -OCH3 is 2. The number of rotatable bonds is 8. The maximum absolute atomic E-state index is 13.8. The van der Waals surface area contributed by atoms with Crippen LogP contribution in [0.25, 0.3) is 11.0 Å². The summed E-state index contributed by atoms with van der Waals surface area (Å²) in [5, 5.41) is 0.491. The van der Waals surface area contributed by atoms with E-state index < -0.39 is 10.8 Å². The highest BCUT2D eigenvalue weighted by atomic mass is 32.2. The largest absolute Gasteiger partial charge is 0.497 e. The second kappa shape index (κ2) is 9.14. The molecule has 4 atom stereocenters. The zero-order valence-electron chi connectivity index (χ0n) is 22.4. The topological polar surface area (TPSA) is 75.5 Å². The second-order valence-corrected chi connectivity index (χ2v) is 12.6. The van der Waals surface area contributed by atoms with Gasteiger partial charge in [-0.05, 0) is 62.0 Å². The summed E-state index contributed by atoms with van der Waals surface area (Å²) in [6.07, 6.45) is 5.61. The number of hydrogen-bond donors (Lipinski definition) is 0. The molecule has 0 amide bonds. The molecule has 3 aromatic rings. The number of nitrogens with zero attached hydrogens (tertiary/aromatic N) is 3. The van der Waals surface area contributed by atoms with Crippen LogP contribution in [0, 0.1) is 30.6 Å². The van der Waals surface area contributed by atoms with Gasteiger partial charge in [0.25, 0.3) is 0 Å². The Labute approximate surface area is 216 Å². The van der Waals surface area contributed by atoms with Crippen molar-refractivity contribution in [2.75, 3.05) is 14.2 Å². The van der Waals surface area contributed by atoms with Gasteiger partial charge in [-0.15, -0.1) is 0 Å². The van der Waals surface area contributed by atoms with Gasteiger partial charge in [0.15, 0.2) is 0 Å². The summed E-state index contributed by atoms with van der Waals surface area (Å²) in [7, 11) is 1.85. The number of aromatic nitrogens is 3. The molecule has 0 N–H and O–H groups in total. The number of aryl methyl sites for hydroxylation is 1. The van der Waals surface area contributed by atoms with Gasteiger partial charge in [-0.25, -0.2) is 4.98 Å². The molecule has 2 aromatic heterocycles. The van der Waals surface area contributed by atoms with Crippen LogP contribution in [0.1, 0.15) is 56.9 Å². The molecule has 2 fully saturated rings. The Bertz CT molecular complexity index is 1330. The van der Waals surface area contributed by atoms with Crippen molar-refractivity contribution in [1.29, 1.82) is 0 Å². The lowest BCUT2D eigenvalue weighted by Gasteiger charge is -2.42. The van der Waals surface area contributed by atoms with E-state index in [2.05, 4.69) is 25.8 Å². The Balaban J connectivity index is 1.49. The first-order valence-electron chi connectivity index (χ1n) is 12.6. The van der Waals surface area contributed by atoms with Crippen LogP contribution in [-0.4, -0.2) is 39.1 Å². The third kappa shape index (κ3) is 4.02. The molecule has 1 aromatic carbocycles. The second-order valence-electron chi connectivity index (χ2n) is 11.3. The van der Waals surface area contributed by atoms with Gasteiger partial charge in [0.05, 0.1) is 53.6 Å². The lowest BCUT2D eigenvalue weighted by molar-refractivity contribution is -0.114. The molecule has 0 radical (unpaired) electrons. The molecular weight excluding hydrogens is 474 g/mol. The average Bonchev–Trinajstić information content (AvgIpc) is 3.47. The summed E-state index contributed by atoms with van der Waals surface area (Å²) in [5.41, 5.74) is 4.54. The highest BCUT2D eigenvalue weighted by molar-refractivity contribution is 7.84. The molecular formula is C28H37N3O4S. The van der Waals surface area contributed by atoms with E-state index in [0.717, 1.165) is 33.6 Å². The zero-order chi connectivity index (χ0) is 25.8. The zero-order valence-corrected chi connectivity index (χ0v) is 23.2. The highest BCUT2D eigenvalue weighted by Crippen LogP contribution is 2.63. The van der Waals surface area contributed by atoms with Gasteiger partial charge in [-0.3, -0.25) is 13.8 Å². The molecule has 0 unspecified atom stereocenters. The predicted molar refractivity (Wildman–Crippen MR) is 141 cm³/mol. The number of pyridine rings is 1. The van der Waals surface area contributed by atoms with Gasteiger partial charge < -0.3 is 14.2 Å².